The van der Waals surface area contributed by atoms with Crippen LogP contribution in [0.3, 0.4) is 0 Å². The first kappa shape index (κ1) is 21.4. The molecule has 0 fully saturated rings. The number of nitrogens with zero attached hydrogens (tertiary/aromatic N) is 1. The van der Waals surface area contributed by atoms with E-state index in [4.69, 9.17) is 0 Å². The molecule has 0 aliphatic carbocycles. The van der Waals surface area contributed by atoms with Crippen LogP contribution in [0.4, 0.5) is 0 Å². The Morgan fingerprint density at radius 1 is 1.23 bits per heavy atom. The quantitative estimate of drug-likeness (QED) is 0.226. The Hall–Kier alpha value is -2.61. The van der Waals surface area contributed by atoms with Crippen LogP contribution in [0.25, 0.3) is 0 Å². The fourth-order valence-electron chi connectivity index (χ4n) is 2.64. The Labute approximate surface area is 159 Å². The first-order valence-electron chi connectivity index (χ1n) is 9.18. The molecule has 2 nitrogen and oxygen atoms in total. The number of allylic oxidation sites excluding steroid dienone is 5. The third-order valence-electron chi connectivity index (χ3n) is 4.18. The summed E-state index contributed by atoms with van der Waals surface area (Å²) in [5, 5.41) is 3.27. The van der Waals surface area contributed by atoms with Gasteiger partial charge in [0.25, 0.3) is 0 Å². The molecule has 1 aromatic carbocycles. The summed E-state index contributed by atoms with van der Waals surface area (Å²) < 4.78 is 0. The van der Waals surface area contributed by atoms with Crippen molar-refractivity contribution >= 4 is 5.84 Å². The van der Waals surface area contributed by atoms with Gasteiger partial charge in [0.2, 0.25) is 0 Å². The predicted molar refractivity (Wildman–Crippen MR) is 116 cm³/mol. The van der Waals surface area contributed by atoms with Crippen molar-refractivity contribution in [2.75, 3.05) is 0 Å². The third-order valence-corrected chi connectivity index (χ3v) is 4.18. The molecule has 0 bridgehead atoms. The number of nitrogens with one attached hydrogen (secondary N) is 1. The monoisotopic (exact) mass is 348 g/mol. The molecule has 0 spiro atoms. The molecule has 0 atom stereocenters. The molecule has 1 aromatic rings. The van der Waals surface area contributed by atoms with Gasteiger partial charge >= 0.3 is 0 Å². The summed E-state index contributed by atoms with van der Waals surface area (Å²) in [5.41, 5.74) is 6.15. The molecule has 26 heavy (non-hydrogen) atoms. The highest BCUT2D eigenvalue weighted by Crippen LogP contribution is 2.14. The van der Waals surface area contributed by atoms with E-state index in [9.17, 15) is 0 Å². The normalized spacial score (nSPS) is 12.3. The van der Waals surface area contributed by atoms with Gasteiger partial charge in [0.15, 0.2) is 0 Å². The number of benzene rings is 1. The Kier molecular flexibility index (Phi) is 9.78. The highest BCUT2D eigenvalue weighted by molar-refractivity contribution is 5.95. The van der Waals surface area contributed by atoms with Gasteiger partial charge in [-0.1, -0.05) is 62.9 Å². The average molecular weight is 349 g/mol. The number of aliphatic imine (C=N–C) groups is 1. The van der Waals surface area contributed by atoms with Crippen molar-refractivity contribution in [2.45, 2.75) is 46.5 Å². The van der Waals surface area contributed by atoms with Crippen LogP contribution in [0.1, 0.15) is 42.9 Å². The SMILES string of the molecule is C=CCC(/C=C\Cc1cccc(C)c1C)=C\C(=N/C=C)NC(=C)CCC. The predicted octanol–water partition coefficient (Wildman–Crippen LogP) is 6.35. The molecule has 0 aliphatic rings. The molecule has 1 N–H and O–H groups in total. The highest BCUT2D eigenvalue weighted by Gasteiger charge is 2.01. The smallest absolute Gasteiger partial charge is 0.130 e. The minimum absolute atomic E-state index is 0.756. The first-order valence-corrected chi connectivity index (χ1v) is 9.18. The minimum Gasteiger partial charge on any atom is -0.344 e. The first-order chi connectivity index (χ1) is 12.5. The summed E-state index contributed by atoms with van der Waals surface area (Å²) in [5.74, 6) is 0.756. The van der Waals surface area contributed by atoms with Gasteiger partial charge in [0, 0.05) is 11.9 Å². The van der Waals surface area contributed by atoms with Crippen LogP contribution >= 0.6 is 0 Å². The second-order valence-electron chi connectivity index (χ2n) is 6.35. The van der Waals surface area contributed by atoms with Crippen molar-refractivity contribution in [1.29, 1.82) is 0 Å². The summed E-state index contributed by atoms with van der Waals surface area (Å²) >= 11 is 0. The van der Waals surface area contributed by atoms with E-state index in [2.05, 4.69) is 81.2 Å². The second kappa shape index (κ2) is 11.9. The second-order valence-corrected chi connectivity index (χ2v) is 6.35. The zero-order chi connectivity index (χ0) is 19.4. The van der Waals surface area contributed by atoms with E-state index in [1.165, 1.54) is 16.7 Å². The zero-order valence-electron chi connectivity index (χ0n) is 16.5. The fourth-order valence-corrected chi connectivity index (χ4v) is 2.64. The Balaban J connectivity index is 2.93. The van der Waals surface area contributed by atoms with Gasteiger partial charge in [0.05, 0.1) is 0 Å². The molecule has 1 rings (SSSR count). The maximum absolute atomic E-state index is 4.32. The Morgan fingerprint density at radius 3 is 2.65 bits per heavy atom. The van der Waals surface area contributed by atoms with Crippen molar-refractivity contribution < 1.29 is 0 Å². The van der Waals surface area contributed by atoms with Crippen molar-refractivity contribution in [3.05, 3.63) is 96.4 Å². The van der Waals surface area contributed by atoms with E-state index in [1.807, 2.05) is 12.2 Å². The molecule has 0 unspecified atom stereocenters. The molecule has 0 aliphatic heterocycles. The van der Waals surface area contributed by atoms with Gasteiger partial charge in [0.1, 0.15) is 5.84 Å². The fraction of sp³-hybridized carbons (Fsp3) is 0.292. The van der Waals surface area contributed by atoms with E-state index in [-0.39, 0.29) is 0 Å². The summed E-state index contributed by atoms with van der Waals surface area (Å²) in [7, 11) is 0. The average Bonchev–Trinajstić information content (AvgIpc) is 2.59. The van der Waals surface area contributed by atoms with Crippen LogP contribution in [-0.2, 0) is 6.42 Å². The van der Waals surface area contributed by atoms with Gasteiger partial charge < -0.3 is 5.32 Å². The standard InChI is InChI=1S/C24H32N2/c1-7-12-20(5)26-24(25-9-3)18-22(13-8-2)15-11-17-23-16-10-14-19(4)21(23)6/h8-11,14-16,18H,2-3,5,7,12-13,17H2,1,4,6H3,(H,25,26)/b15-11-,22-18+. The number of hydrogen-bond acceptors (Lipinski definition) is 1. The van der Waals surface area contributed by atoms with E-state index >= 15 is 0 Å². The van der Waals surface area contributed by atoms with Gasteiger partial charge in [-0.3, -0.25) is 0 Å². The van der Waals surface area contributed by atoms with Crippen molar-refractivity contribution in [1.82, 2.24) is 5.32 Å². The van der Waals surface area contributed by atoms with Crippen LogP contribution in [-0.4, -0.2) is 5.84 Å². The van der Waals surface area contributed by atoms with Crippen molar-refractivity contribution in [3.8, 4) is 0 Å². The summed E-state index contributed by atoms with van der Waals surface area (Å²) in [6.07, 6.45) is 13.5. The molecule has 0 saturated heterocycles. The van der Waals surface area contributed by atoms with E-state index in [0.29, 0.717) is 0 Å². The zero-order valence-corrected chi connectivity index (χ0v) is 16.5. The molecule has 0 amide bonds. The molecule has 0 heterocycles. The van der Waals surface area contributed by atoms with Gasteiger partial charge in [-0.25, -0.2) is 4.99 Å². The number of amidine groups is 1. The summed E-state index contributed by atoms with van der Waals surface area (Å²) in [6, 6.07) is 6.45. The maximum Gasteiger partial charge on any atom is 0.130 e. The van der Waals surface area contributed by atoms with Gasteiger partial charge in [-0.05, 0) is 61.4 Å². The lowest BCUT2D eigenvalue weighted by molar-refractivity contribution is 0.860. The lowest BCUT2D eigenvalue weighted by Crippen LogP contribution is -2.20. The molecule has 0 aromatic heterocycles. The lowest BCUT2D eigenvalue weighted by Gasteiger charge is -2.09. The number of hydrogen-bond donors (Lipinski definition) is 1. The molecular formula is C24H32N2. The van der Waals surface area contributed by atoms with Gasteiger partial charge in [-0.15, -0.1) is 6.58 Å². The molecule has 138 valence electrons. The largest absolute Gasteiger partial charge is 0.344 e. The van der Waals surface area contributed by atoms with Crippen LogP contribution in [0.5, 0.6) is 0 Å². The van der Waals surface area contributed by atoms with E-state index in [1.54, 1.807) is 6.20 Å². The summed E-state index contributed by atoms with van der Waals surface area (Å²) in [6.45, 7) is 18.1. The van der Waals surface area contributed by atoms with Crippen LogP contribution in [0, 0.1) is 13.8 Å². The topological polar surface area (TPSA) is 24.4 Å². The highest BCUT2D eigenvalue weighted by atomic mass is 15.0. The maximum atomic E-state index is 4.32. The van der Waals surface area contributed by atoms with Crippen molar-refractivity contribution in [2.24, 2.45) is 4.99 Å². The molecule has 0 saturated carbocycles. The summed E-state index contributed by atoms with van der Waals surface area (Å²) in [4.78, 5) is 4.32. The van der Waals surface area contributed by atoms with Crippen LogP contribution < -0.4 is 5.32 Å². The number of rotatable bonds is 10. The molecule has 0 radical (unpaired) electrons. The van der Waals surface area contributed by atoms with Crippen LogP contribution in [0.2, 0.25) is 0 Å². The van der Waals surface area contributed by atoms with Crippen LogP contribution in [0.15, 0.2) is 84.7 Å². The van der Waals surface area contributed by atoms with Gasteiger partial charge in [-0.2, -0.15) is 0 Å². The Morgan fingerprint density at radius 2 is 2.00 bits per heavy atom. The lowest BCUT2D eigenvalue weighted by atomic mass is 10.0. The third kappa shape index (κ3) is 7.52. The molecule has 2 heteroatoms. The Bertz CT molecular complexity index is 718. The van der Waals surface area contributed by atoms with E-state index in [0.717, 1.165) is 42.8 Å². The van der Waals surface area contributed by atoms with Crippen molar-refractivity contribution in [3.63, 3.8) is 0 Å². The minimum atomic E-state index is 0.756. The van der Waals surface area contributed by atoms with E-state index < -0.39 is 0 Å². The number of aryl methyl sites for hydroxylation is 1. The molecular weight excluding hydrogens is 316 g/mol.